The van der Waals surface area contributed by atoms with Gasteiger partial charge < -0.3 is 9.64 Å². The first-order valence-corrected chi connectivity index (χ1v) is 6.96. The first-order chi connectivity index (χ1) is 10.5. The topological polar surface area (TPSA) is 24.8 Å². The number of hydrogen-bond donors (Lipinski definition) is 0. The van der Waals surface area contributed by atoms with Crippen LogP contribution in [0, 0.1) is 0 Å². The Labute approximate surface area is 126 Å². The third kappa shape index (κ3) is 3.16. The molecule has 6 heteroatoms. The van der Waals surface area contributed by atoms with Crippen molar-refractivity contribution in [1.29, 1.82) is 0 Å². The molecule has 0 saturated carbocycles. The lowest BCUT2D eigenvalue weighted by Gasteiger charge is -2.26. The third-order valence-corrected chi connectivity index (χ3v) is 3.51. The second kappa shape index (κ2) is 5.87. The van der Waals surface area contributed by atoms with Crippen LogP contribution in [0.5, 0.6) is 0 Å². The molecule has 2 aliphatic heterocycles. The van der Waals surface area contributed by atoms with Crippen LogP contribution in [0.3, 0.4) is 0 Å². The molecule has 0 spiro atoms. The van der Waals surface area contributed by atoms with Crippen LogP contribution >= 0.6 is 0 Å². The first kappa shape index (κ1) is 14.7. The number of ether oxygens (including phenoxy) is 1. The van der Waals surface area contributed by atoms with E-state index in [4.69, 9.17) is 4.74 Å². The number of nitrogens with zero attached hydrogens (tertiary/aromatic N) is 2. The largest absolute Gasteiger partial charge is 0.491 e. The van der Waals surface area contributed by atoms with Crippen molar-refractivity contribution in [3.05, 3.63) is 53.8 Å². The highest BCUT2D eigenvalue weighted by molar-refractivity contribution is 5.72. The summed E-state index contributed by atoms with van der Waals surface area (Å²) >= 11 is 0. The van der Waals surface area contributed by atoms with Crippen LogP contribution in [0.15, 0.2) is 53.2 Å². The Bertz CT molecular complexity index is 635. The quantitative estimate of drug-likeness (QED) is 0.833. The van der Waals surface area contributed by atoms with Crippen LogP contribution in [-0.4, -0.2) is 32.1 Å². The summed E-state index contributed by atoms with van der Waals surface area (Å²) in [5, 5.41) is 0. The smallest absolute Gasteiger partial charge is 0.405 e. The minimum Gasteiger partial charge on any atom is -0.491 e. The van der Waals surface area contributed by atoms with E-state index in [0.29, 0.717) is 18.1 Å². The number of benzene rings is 1. The molecule has 0 N–H and O–H groups in total. The van der Waals surface area contributed by atoms with Crippen molar-refractivity contribution in [3.8, 4) is 0 Å². The van der Waals surface area contributed by atoms with E-state index >= 15 is 0 Å². The van der Waals surface area contributed by atoms with E-state index < -0.39 is 18.8 Å². The van der Waals surface area contributed by atoms with Gasteiger partial charge in [-0.1, -0.05) is 24.3 Å². The predicted molar refractivity (Wildman–Crippen MR) is 79.1 cm³/mol. The van der Waals surface area contributed by atoms with E-state index in [-0.39, 0.29) is 6.54 Å². The summed E-state index contributed by atoms with van der Waals surface area (Å²) in [6.45, 7) is -0.426. The Morgan fingerprint density at radius 2 is 2.09 bits per heavy atom. The fraction of sp³-hybridized carbons (Fsp3) is 0.312. The number of fused-ring (bicyclic) bond motifs is 1. The molecule has 0 fully saturated rings. The number of rotatable bonds is 2. The lowest BCUT2D eigenvalue weighted by molar-refractivity contribution is -0.119. The predicted octanol–water partition coefficient (Wildman–Crippen LogP) is 3.65. The Balaban J connectivity index is 1.99. The molecule has 1 unspecified atom stereocenters. The second-order valence-corrected chi connectivity index (χ2v) is 5.10. The van der Waals surface area contributed by atoms with Crippen molar-refractivity contribution in [3.63, 3.8) is 0 Å². The van der Waals surface area contributed by atoms with Gasteiger partial charge in [0.25, 0.3) is 0 Å². The maximum absolute atomic E-state index is 12.8. The van der Waals surface area contributed by atoms with Crippen LogP contribution < -0.4 is 4.90 Å². The number of aliphatic imine (C=N–C) groups is 1. The maximum atomic E-state index is 12.8. The molecule has 3 nitrogen and oxygen atoms in total. The molecule has 0 saturated heterocycles. The number of anilines is 1. The van der Waals surface area contributed by atoms with E-state index in [1.807, 2.05) is 18.2 Å². The Kier molecular flexibility index (Phi) is 3.92. The van der Waals surface area contributed by atoms with E-state index in [0.717, 1.165) is 5.56 Å². The van der Waals surface area contributed by atoms with Crippen molar-refractivity contribution in [2.24, 2.45) is 4.99 Å². The number of para-hydroxylation sites is 1. The van der Waals surface area contributed by atoms with Gasteiger partial charge in [0.15, 0.2) is 0 Å². The number of alkyl halides is 3. The van der Waals surface area contributed by atoms with E-state index in [1.165, 1.54) is 11.1 Å². The number of allylic oxidation sites excluding steroid dienone is 2. The zero-order valence-electron chi connectivity index (χ0n) is 11.8. The van der Waals surface area contributed by atoms with Crippen LogP contribution in [-0.2, 0) is 4.74 Å². The SMILES string of the molecule is FC(F)(F)CN1CC=NC(C2=CC=CCO2)c2ccccc21. The highest BCUT2D eigenvalue weighted by Crippen LogP contribution is 2.37. The first-order valence-electron chi connectivity index (χ1n) is 6.96. The third-order valence-electron chi connectivity index (χ3n) is 3.51. The number of halogens is 3. The van der Waals surface area contributed by atoms with Crippen LogP contribution in [0.4, 0.5) is 18.9 Å². The Morgan fingerprint density at radius 1 is 1.27 bits per heavy atom. The zero-order valence-corrected chi connectivity index (χ0v) is 11.8. The van der Waals surface area contributed by atoms with Crippen LogP contribution in [0.1, 0.15) is 11.6 Å². The molecular formula is C16H15F3N2O. The molecule has 0 radical (unpaired) electrons. The molecule has 2 aliphatic rings. The maximum Gasteiger partial charge on any atom is 0.405 e. The summed E-state index contributed by atoms with van der Waals surface area (Å²) < 4.78 is 43.9. The average molecular weight is 308 g/mol. The summed E-state index contributed by atoms with van der Waals surface area (Å²) in [5.74, 6) is 0.653. The van der Waals surface area contributed by atoms with Crippen molar-refractivity contribution < 1.29 is 17.9 Å². The van der Waals surface area contributed by atoms with Crippen molar-refractivity contribution in [2.45, 2.75) is 12.2 Å². The molecule has 3 rings (SSSR count). The molecule has 0 aliphatic carbocycles. The monoisotopic (exact) mass is 308 g/mol. The average Bonchev–Trinajstić information content (AvgIpc) is 2.67. The van der Waals surface area contributed by atoms with Gasteiger partial charge in [-0.05, 0) is 18.2 Å². The highest BCUT2D eigenvalue weighted by Gasteiger charge is 2.33. The minimum atomic E-state index is -4.26. The fourth-order valence-corrected chi connectivity index (χ4v) is 2.61. The van der Waals surface area contributed by atoms with Gasteiger partial charge in [-0.15, -0.1) is 0 Å². The van der Waals surface area contributed by atoms with Crippen molar-refractivity contribution in [1.82, 2.24) is 0 Å². The molecular weight excluding hydrogens is 293 g/mol. The zero-order chi connectivity index (χ0) is 15.6. The molecule has 0 amide bonds. The van der Waals surface area contributed by atoms with Gasteiger partial charge in [0, 0.05) is 17.5 Å². The van der Waals surface area contributed by atoms with Gasteiger partial charge in [-0.25, -0.2) is 0 Å². The summed E-state index contributed by atoms with van der Waals surface area (Å²) in [4.78, 5) is 5.70. The molecule has 22 heavy (non-hydrogen) atoms. The van der Waals surface area contributed by atoms with Gasteiger partial charge >= 0.3 is 6.18 Å². The van der Waals surface area contributed by atoms with E-state index in [9.17, 15) is 13.2 Å². The lowest BCUT2D eigenvalue weighted by Crippen LogP contribution is -2.35. The lowest BCUT2D eigenvalue weighted by atomic mass is 10.0. The van der Waals surface area contributed by atoms with Gasteiger partial charge in [0.1, 0.15) is 25.0 Å². The number of hydrogen-bond acceptors (Lipinski definition) is 3. The summed E-state index contributed by atoms with van der Waals surface area (Å²) in [7, 11) is 0. The fourth-order valence-electron chi connectivity index (χ4n) is 2.61. The summed E-state index contributed by atoms with van der Waals surface area (Å²) in [6, 6.07) is 6.63. The van der Waals surface area contributed by atoms with Crippen molar-refractivity contribution in [2.75, 3.05) is 24.6 Å². The normalized spacial score (nSPS) is 21.0. The Hall–Kier alpha value is -2.24. The van der Waals surface area contributed by atoms with Gasteiger partial charge in [0.2, 0.25) is 0 Å². The summed E-state index contributed by atoms with van der Waals surface area (Å²) in [5.41, 5.74) is 1.27. The second-order valence-electron chi connectivity index (χ2n) is 5.10. The summed E-state index contributed by atoms with van der Waals surface area (Å²) in [6.07, 6.45) is 2.81. The molecule has 2 heterocycles. The molecule has 116 valence electrons. The van der Waals surface area contributed by atoms with Gasteiger partial charge in [-0.2, -0.15) is 13.2 Å². The van der Waals surface area contributed by atoms with Crippen LogP contribution in [0.2, 0.25) is 0 Å². The van der Waals surface area contributed by atoms with E-state index in [1.54, 1.807) is 24.3 Å². The van der Waals surface area contributed by atoms with Gasteiger partial charge in [-0.3, -0.25) is 4.99 Å². The van der Waals surface area contributed by atoms with Crippen molar-refractivity contribution >= 4 is 11.9 Å². The molecule has 1 aromatic rings. The molecule has 0 aromatic heterocycles. The molecule has 1 aromatic carbocycles. The standard InChI is InChI=1S/C16H15F3N2O/c17-16(18,19)11-21-9-8-20-15(14-7-3-4-10-22-14)12-5-1-2-6-13(12)21/h1-8,15H,9-11H2. The highest BCUT2D eigenvalue weighted by atomic mass is 19.4. The molecule has 1 atom stereocenters. The van der Waals surface area contributed by atoms with Gasteiger partial charge in [0.05, 0.1) is 6.54 Å². The Morgan fingerprint density at radius 3 is 2.82 bits per heavy atom. The van der Waals surface area contributed by atoms with Crippen LogP contribution in [0.25, 0.3) is 0 Å². The van der Waals surface area contributed by atoms with E-state index in [2.05, 4.69) is 4.99 Å². The molecule has 0 bridgehead atoms. The minimum absolute atomic E-state index is 0.121.